The molecule has 4 rings (SSSR count). The predicted octanol–water partition coefficient (Wildman–Crippen LogP) is 3.54. The Morgan fingerprint density at radius 1 is 1.19 bits per heavy atom. The van der Waals surface area contributed by atoms with Crippen molar-refractivity contribution in [3.8, 4) is 11.3 Å². The Bertz CT molecular complexity index is 970. The normalized spacial score (nSPS) is 20.9. The van der Waals surface area contributed by atoms with Gasteiger partial charge < -0.3 is 10.5 Å². The van der Waals surface area contributed by atoms with Gasteiger partial charge in [-0.05, 0) is 38.1 Å². The summed E-state index contributed by atoms with van der Waals surface area (Å²) in [6.45, 7) is 6.53. The zero-order valence-corrected chi connectivity index (χ0v) is 16.1. The molecule has 0 bridgehead atoms. The lowest BCUT2D eigenvalue weighted by Gasteiger charge is -2.34. The lowest BCUT2D eigenvalue weighted by Crippen LogP contribution is -2.45. The first kappa shape index (κ1) is 18.1. The fourth-order valence-corrected chi connectivity index (χ4v) is 3.86. The lowest BCUT2D eigenvalue weighted by atomic mass is 10.1. The minimum Gasteiger partial charge on any atom is -0.383 e. The average molecular weight is 384 g/mol. The molecule has 0 radical (unpaired) electrons. The number of pyridine rings is 1. The topological polar surface area (TPSA) is 77.2 Å². The second-order valence-corrected chi connectivity index (χ2v) is 7.45. The van der Waals surface area contributed by atoms with E-state index in [-0.39, 0.29) is 12.2 Å². The van der Waals surface area contributed by atoms with E-state index in [1.807, 2.05) is 30.3 Å². The van der Waals surface area contributed by atoms with Crippen LogP contribution in [0.15, 0.2) is 36.5 Å². The van der Waals surface area contributed by atoms with Gasteiger partial charge in [0.1, 0.15) is 11.6 Å². The predicted molar refractivity (Wildman–Crippen MR) is 107 cm³/mol. The summed E-state index contributed by atoms with van der Waals surface area (Å²) in [5, 5.41) is 1.44. The molecule has 2 atom stereocenters. The lowest BCUT2D eigenvalue weighted by molar-refractivity contribution is -0.0710. The summed E-state index contributed by atoms with van der Waals surface area (Å²) in [6.07, 6.45) is 2.13. The highest BCUT2D eigenvalue weighted by Crippen LogP contribution is 2.29. The molecular weight excluding hydrogens is 362 g/mol. The van der Waals surface area contributed by atoms with Crippen molar-refractivity contribution in [2.45, 2.75) is 32.6 Å². The van der Waals surface area contributed by atoms with Crippen molar-refractivity contribution >= 4 is 28.3 Å². The second kappa shape index (κ2) is 7.38. The van der Waals surface area contributed by atoms with Crippen molar-refractivity contribution in [1.82, 2.24) is 19.9 Å². The van der Waals surface area contributed by atoms with Crippen molar-refractivity contribution in [3.05, 3.63) is 47.4 Å². The summed E-state index contributed by atoms with van der Waals surface area (Å²) >= 11 is 6.29. The molecule has 0 spiro atoms. The Labute approximate surface area is 163 Å². The largest absolute Gasteiger partial charge is 0.383 e. The number of halogens is 1. The van der Waals surface area contributed by atoms with Gasteiger partial charge in [-0.2, -0.15) is 0 Å². The van der Waals surface area contributed by atoms with Crippen LogP contribution in [-0.2, 0) is 11.3 Å². The van der Waals surface area contributed by atoms with E-state index in [0.717, 1.165) is 35.2 Å². The molecule has 7 heteroatoms. The molecule has 1 fully saturated rings. The number of morpholine rings is 1. The minimum atomic E-state index is 0.199. The minimum absolute atomic E-state index is 0.199. The number of aromatic nitrogens is 3. The number of fused-ring (bicyclic) bond motifs is 1. The van der Waals surface area contributed by atoms with Crippen LogP contribution in [0, 0.1) is 0 Å². The van der Waals surface area contributed by atoms with Crippen molar-refractivity contribution in [3.63, 3.8) is 0 Å². The fourth-order valence-electron chi connectivity index (χ4n) is 3.63. The average Bonchev–Trinajstić information content (AvgIpc) is 2.61. The van der Waals surface area contributed by atoms with Gasteiger partial charge in [-0.3, -0.25) is 9.88 Å². The Balaban J connectivity index is 1.68. The monoisotopic (exact) mass is 383 g/mol. The van der Waals surface area contributed by atoms with E-state index >= 15 is 0 Å². The third-order valence-corrected chi connectivity index (χ3v) is 4.97. The molecule has 140 valence electrons. The highest BCUT2D eigenvalue weighted by molar-refractivity contribution is 6.33. The number of hydrogen-bond donors (Lipinski definition) is 1. The van der Waals surface area contributed by atoms with E-state index < -0.39 is 0 Å². The molecule has 1 saturated heterocycles. The smallest absolute Gasteiger partial charge is 0.145 e. The van der Waals surface area contributed by atoms with E-state index in [0.29, 0.717) is 23.2 Å². The number of anilines is 1. The van der Waals surface area contributed by atoms with Crippen LogP contribution >= 0.6 is 11.6 Å². The molecule has 27 heavy (non-hydrogen) atoms. The number of nitrogens with two attached hydrogens (primary N) is 1. The Hall–Kier alpha value is -2.28. The zero-order valence-electron chi connectivity index (χ0n) is 15.4. The maximum atomic E-state index is 6.29. The summed E-state index contributed by atoms with van der Waals surface area (Å²) in [7, 11) is 0. The van der Waals surface area contributed by atoms with Gasteiger partial charge >= 0.3 is 0 Å². The van der Waals surface area contributed by atoms with Crippen LogP contribution in [0.1, 0.15) is 19.7 Å². The fraction of sp³-hybridized carbons (Fsp3) is 0.350. The van der Waals surface area contributed by atoms with E-state index in [2.05, 4.69) is 28.7 Å². The molecule has 2 N–H and O–H groups in total. The molecule has 1 aromatic carbocycles. The summed E-state index contributed by atoms with van der Waals surface area (Å²) in [5.41, 5.74) is 8.64. The number of rotatable bonds is 3. The molecule has 6 nitrogen and oxygen atoms in total. The molecule has 1 aliphatic heterocycles. The third-order valence-electron chi connectivity index (χ3n) is 4.66. The van der Waals surface area contributed by atoms with Crippen molar-refractivity contribution in [2.75, 3.05) is 18.8 Å². The van der Waals surface area contributed by atoms with E-state index in [1.54, 1.807) is 6.20 Å². The highest BCUT2D eigenvalue weighted by atomic mass is 35.5. The molecule has 3 aromatic rings. The second-order valence-electron chi connectivity index (χ2n) is 7.04. The van der Waals surface area contributed by atoms with E-state index in [1.165, 1.54) is 0 Å². The molecular formula is C20H22ClN5O. The van der Waals surface area contributed by atoms with Crippen molar-refractivity contribution < 1.29 is 4.74 Å². The quantitative estimate of drug-likeness (QED) is 0.745. The Morgan fingerprint density at radius 3 is 2.70 bits per heavy atom. The van der Waals surface area contributed by atoms with Gasteiger partial charge in [0, 0.05) is 30.2 Å². The molecule has 3 heterocycles. The van der Waals surface area contributed by atoms with Crippen LogP contribution in [-0.4, -0.2) is 45.1 Å². The van der Waals surface area contributed by atoms with Gasteiger partial charge in [-0.1, -0.05) is 17.7 Å². The molecule has 0 amide bonds. The third kappa shape index (κ3) is 3.88. The zero-order chi connectivity index (χ0) is 19.0. The van der Waals surface area contributed by atoms with Crippen LogP contribution in [0.4, 0.5) is 5.82 Å². The van der Waals surface area contributed by atoms with E-state index in [4.69, 9.17) is 27.1 Å². The van der Waals surface area contributed by atoms with Crippen LogP contribution in [0.3, 0.4) is 0 Å². The first-order valence-corrected chi connectivity index (χ1v) is 9.42. The SMILES string of the molecule is CC1CN(Cc2nc(N)c3ccc(-c4ncccc4Cl)cc3n2)CC(C)O1. The molecule has 0 saturated carbocycles. The van der Waals surface area contributed by atoms with Gasteiger partial charge in [-0.15, -0.1) is 0 Å². The number of nitrogen functional groups attached to an aromatic ring is 1. The van der Waals surface area contributed by atoms with Gasteiger partial charge in [0.15, 0.2) is 0 Å². The van der Waals surface area contributed by atoms with Gasteiger partial charge in [-0.25, -0.2) is 9.97 Å². The molecule has 2 unspecified atom stereocenters. The molecule has 2 aromatic heterocycles. The van der Waals surface area contributed by atoms with Gasteiger partial charge in [0.25, 0.3) is 0 Å². The first-order valence-electron chi connectivity index (χ1n) is 9.04. The van der Waals surface area contributed by atoms with Crippen molar-refractivity contribution in [1.29, 1.82) is 0 Å². The van der Waals surface area contributed by atoms with Gasteiger partial charge in [0.2, 0.25) is 0 Å². The number of ether oxygens (including phenoxy) is 1. The standard InChI is InChI=1S/C20H22ClN5O/c1-12-9-26(10-13(2)27-12)11-18-24-17-8-14(5-6-15(17)20(22)25-18)19-16(21)4-3-7-23-19/h3-8,12-13H,9-11H2,1-2H3,(H2,22,24,25). The van der Waals surface area contributed by atoms with Crippen LogP contribution < -0.4 is 5.73 Å². The van der Waals surface area contributed by atoms with Crippen molar-refractivity contribution in [2.24, 2.45) is 0 Å². The number of benzene rings is 1. The molecule has 1 aliphatic rings. The van der Waals surface area contributed by atoms with Crippen LogP contribution in [0.2, 0.25) is 5.02 Å². The van der Waals surface area contributed by atoms with Gasteiger partial charge in [0.05, 0.1) is 35.0 Å². The maximum absolute atomic E-state index is 6.29. The first-order chi connectivity index (χ1) is 13.0. The number of hydrogen-bond acceptors (Lipinski definition) is 6. The van der Waals surface area contributed by atoms with Crippen LogP contribution in [0.5, 0.6) is 0 Å². The Morgan fingerprint density at radius 2 is 1.96 bits per heavy atom. The maximum Gasteiger partial charge on any atom is 0.145 e. The number of nitrogens with zero attached hydrogens (tertiary/aromatic N) is 4. The highest BCUT2D eigenvalue weighted by Gasteiger charge is 2.23. The Kier molecular flexibility index (Phi) is 4.95. The summed E-state index contributed by atoms with van der Waals surface area (Å²) in [5.74, 6) is 1.20. The molecule has 0 aliphatic carbocycles. The summed E-state index contributed by atoms with van der Waals surface area (Å²) < 4.78 is 5.80. The summed E-state index contributed by atoms with van der Waals surface area (Å²) in [4.78, 5) is 15.9. The summed E-state index contributed by atoms with van der Waals surface area (Å²) in [6, 6.07) is 9.48. The van der Waals surface area contributed by atoms with Crippen LogP contribution in [0.25, 0.3) is 22.2 Å². The van der Waals surface area contributed by atoms with E-state index in [9.17, 15) is 0 Å².